The molecule has 1 aliphatic carbocycles. The standard InChI is InChI=1S/C21H24N2O3S2/c1-4-26-20(25)17-15-6-5-7-16(15)28-19(17)23-21(27)22-18(24)14-10-8-13(9-11-14)12(2)3/h8-12H,4-7H2,1-3H3,(H2,22,23,24,27). The Hall–Kier alpha value is -2.25. The molecule has 28 heavy (non-hydrogen) atoms. The first kappa shape index (κ1) is 20.5. The summed E-state index contributed by atoms with van der Waals surface area (Å²) in [4.78, 5) is 26.1. The highest BCUT2D eigenvalue weighted by Gasteiger charge is 2.28. The fourth-order valence-electron chi connectivity index (χ4n) is 3.24. The number of hydrogen-bond donors (Lipinski definition) is 2. The second-order valence-corrected chi connectivity index (χ2v) is 8.48. The fourth-order valence-corrected chi connectivity index (χ4v) is 4.78. The molecule has 5 nitrogen and oxygen atoms in total. The molecular weight excluding hydrogens is 392 g/mol. The average Bonchev–Trinajstić information content (AvgIpc) is 3.22. The number of amides is 1. The number of anilines is 1. The van der Waals surface area contributed by atoms with Gasteiger partial charge in [-0.15, -0.1) is 11.3 Å². The number of thiocarbonyl (C=S) groups is 1. The summed E-state index contributed by atoms with van der Waals surface area (Å²) in [6.07, 6.45) is 2.86. The van der Waals surface area contributed by atoms with Crippen LogP contribution in [0.4, 0.5) is 5.00 Å². The van der Waals surface area contributed by atoms with Crippen molar-refractivity contribution >= 4 is 45.5 Å². The average molecular weight is 417 g/mol. The van der Waals surface area contributed by atoms with Crippen LogP contribution < -0.4 is 10.6 Å². The molecule has 1 aromatic heterocycles. The quantitative estimate of drug-likeness (QED) is 0.548. The van der Waals surface area contributed by atoms with Crippen LogP contribution in [0, 0.1) is 0 Å². The highest BCUT2D eigenvalue weighted by atomic mass is 32.1. The number of esters is 1. The third-order valence-corrected chi connectivity index (χ3v) is 6.11. The molecule has 0 unspecified atom stereocenters. The Morgan fingerprint density at radius 3 is 2.57 bits per heavy atom. The maximum atomic E-state index is 12.5. The molecule has 0 saturated heterocycles. The summed E-state index contributed by atoms with van der Waals surface area (Å²) in [5, 5.41) is 6.53. The van der Waals surface area contributed by atoms with Gasteiger partial charge in [-0.2, -0.15) is 0 Å². The lowest BCUT2D eigenvalue weighted by Gasteiger charge is -2.11. The molecule has 0 spiro atoms. The van der Waals surface area contributed by atoms with Crippen LogP contribution in [0.3, 0.4) is 0 Å². The van der Waals surface area contributed by atoms with Crippen LogP contribution in [0.15, 0.2) is 24.3 Å². The Kier molecular flexibility index (Phi) is 6.46. The Morgan fingerprint density at radius 1 is 1.21 bits per heavy atom. The van der Waals surface area contributed by atoms with Gasteiger partial charge in [-0.05, 0) is 67.6 Å². The van der Waals surface area contributed by atoms with Crippen molar-refractivity contribution < 1.29 is 14.3 Å². The van der Waals surface area contributed by atoms with Crippen LogP contribution in [0.2, 0.25) is 0 Å². The van der Waals surface area contributed by atoms with Gasteiger partial charge in [0.25, 0.3) is 5.91 Å². The number of carbonyl (C=O) groups is 2. The molecule has 0 saturated carbocycles. The summed E-state index contributed by atoms with van der Waals surface area (Å²) in [6, 6.07) is 7.46. The maximum absolute atomic E-state index is 12.5. The summed E-state index contributed by atoms with van der Waals surface area (Å²) >= 11 is 6.82. The van der Waals surface area contributed by atoms with Crippen LogP contribution in [0.1, 0.15) is 69.8 Å². The summed E-state index contributed by atoms with van der Waals surface area (Å²) in [7, 11) is 0. The lowest BCUT2D eigenvalue weighted by atomic mass is 10.0. The Bertz CT molecular complexity index is 901. The number of benzene rings is 1. The largest absolute Gasteiger partial charge is 0.462 e. The first-order valence-electron chi connectivity index (χ1n) is 9.44. The van der Waals surface area contributed by atoms with Gasteiger partial charge in [0.15, 0.2) is 5.11 Å². The van der Waals surface area contributed by atoms with Crippen molar-refractivity contribution in [2.45, 2.75) is 46.0 Å². The molecule has 0 atom stereocenters. The Balaban J connectivity index is 1.71. The minimum absolute atomic E-state index is 0.170. The molecule has 1 amide bonds. The SMILES string of the molecule is CCOC(=O)c1c(NC(=S)NC(=O)c2ccc(C(C)C)cc2)sc2c1CCC2. The van der Waals surface area contributed by atoms with E-state index in [0.29, 0.717) is 28.7 Å². The van der Waals surface area contributed by atoms with Gasteiger partial charge in [0.2, 0.25) is 0 Å². The third-order valence-electron chi connectivity index (χ3n) is 4.69. The molecule has 7 heteroatoms. The van der Waals surface area contributed by atoms with Gasteiger partial charge < -0.3 is 10.1 Å². The number of ether oxygens (including phenoxy) is 1. The van der Waals surface area contributed by atoms with Crippen molar-refractivity contribution in [3.63, 3.8) is 0 Å². The monoisotopic (exact) mass is 416 g/mol. The minimum Gasteiger partial charge on any atom is -0.462 e. The molecule has 3 rings (SSSR count). The molecule has 1 heterocycles. The zero-order valence-electron chi connectivity index (χ0n) is 16.3. The minimum atomic E-state index is -0.345. The smallest absolute Gasteiger partial charge is 0.341 e. The summed E-state index contributed by atoms with van der Waals surface area (Å²) in [6.45, 7) is 6.31. The predicted octanol–water partition coefficient (Wildman–Crippen LogP) is 4.66. The van der Waals surface area contributed by atoms with E-state index < -0.39 is 0 Å². The molecule has 0 bridgehead atoms. The van der Waals surface area contributed by atoms with Crippen molar-refractivity contribution in [3.8, 4) is 0 Å². The number of aryl methyl sites for hydroxylation is 1. The molecule has 0 aliphatic heterocycles. The highest BCUT2D eigenvalue weighted by molar-refractivity contribution is 7.80. The van der Waals surface area contributed by atoms with Gasteiger partial charge in [-0.3, -0.25) is 10.1 Å². The van der Waals surface area contributed by atoms with Crippen LogP contribution >= 0.6 is 23.6 Å². The van der Waals surface area contributed by atoms with E-state index in [0.717, 1.165) is 24.8 Å². The van der Waals surface area contributed by atoms with Crippen molar-refractivity contribution in [3.05, 3.63) is 51.4 Å². The van der Waals surface area contributed by atoms with E-state index in [1.165, 1.54) is 21.8 Å². The molecule has 0 fully saturated rings. The predicted molar refractivity (Wildman–Crippen MR) is 117 cm³/mol. The van der Waals surface area contributed by atoms with E-state index in [2.05, 4.69) is 24.5 Å². The second kappa shape index (κ2) is 8.84. The summed E-state index contributed by atoms with van der Waals surface area (Å²) in [5.74, 6) is -0.223. The van der Waals surface area contributed by atoms with Gasteiger partial charge in [0.05, 0.1) is 12.2 Å². The van der Waals surface area contributed by atoms with E-state index in [9.17, 15) is 9.59 Å². The lowest BCUT2D eigenvalue weighted by molar-refractivity contribution is 0.0527. The van der Waals surface area contributed by atoms with Crippen LogP contribution in [-0.4, -0.2) is 23.6 Å². The topological polar surface area (TPSA) is 67.4 Å². The zero-order chi connectivity index (χ0) is 20.3. The van der Waals surface area contributed by atoms with Crippen molar-refractivity contribution in [2.75, 3.05) is 11.9 Å². The number of nitrogens with one attached hydrogen (secondary N) is 2. The van der Waals surface area contributed by atoms with Gasteiger partial charge in [0.1, 0.15) is 5.00 Å². The normalized spacial score (nSPS) is 12.6. The first-order chi connectivity index (χ1) is 13.4. The summed E-state index contributed by atoms with van der Waals surface area (Å²) in [5.41, 5.74) is 3.30. The highest BCUT2D eigenvalue weighted by Crippen LogP contribution is 2.39. The van der Waals surface area contributed by atoms with Crippen LogP contribution in [0.25, 0.3) is 0 Å². The van der Waals surface area contributed by atoms with E-state index in [1.807, 2.05) is 12.1 Å². The van der Waals surface area contributed by atoms with Gasteiger partial charge in [0, 0.05) is 10.4 Å². The van der Waals surface area contributed by atoms with Crippen molar-refractivity contribution in [2.24, 2.45) is 0 Å². The maximum Gasteiger partial charge on any atom is 0.341 e. The molecule has 2 N–H and O–H groups in total. The molecule has 0 radical (unpaired) electrons. The van der Waals surface area contributed by atoms with E-state index in [4.69, 9.17) is 17.0 Å². The van der Waals surface area contributed by atoms with Crippen molar-refractivity contribution in [1.82, 2.24) is 5.32 Å². The fraction of sp³-hybridized carbons (Fsp3) is 0.381. The number of rotatable bonds is 5. The Morgan fingerprint density at radius 2 is 1.93 bits per heavy atom. The molecule has 148 valence electrons. The molecular formula is C21H24N2O3S2. The van der Waals surface area contributed by atoms with Crippen LogP contribution in [-0.2, 0) is 17.6 Å². The molecule has 1 aliphatic rings. The lowest BCUT2D eigenvalue weighted by Crippen LogP contribution is -2.34. The van der Waals surface area contributed by atoms with Gasteiger partial charge >= 0.3 is 5.97 Å². The first-order valence-corrected chi connectivity index (χ1v) is 10.7. The molecule has 2 aromatic rings. The molecule has 1 aromatic carbocycles. The second-order valence-electron chi connectivity index (χ2n) is 6.97. The Labute approximate surface area is 174 Å². The van der Waals surface area contributed by atoms with Crippen LogP contribution in [0.5, 0.6) is 0 Å². The van der Waals surface area contributed by atoms with Gasteiger partial charge in [-0.1, -0.05) is 26.0 Å². The van der Waals surface area contributed by atoms with E-state index in [1.54, 1.807) is 19.1 Å². The van der Waals surface area contributed by atoms with E-state index in [-0.39, 0.29) is 17.0 Å². The summed E-state index contributed by atoms with van der Waals surface area (Å²) < 4.78 is 5.21. The number of thiophene rings is 1. The third kappa shape index (κ3) is 4.42. The van der Waals surface area contributed by atoms with Gasteiger partial charge in [-0.25, -0.2) is 4.79 Å². The number of hydrogen-bond acceptors (Lipinski definition) is 5. The van der Waals surface area contributed by atoms with E-state index >= 15 is 0 Å². The number of fused-ring (bicyclic) bond motifs is 1. The number of carbonyl (C=O) groups excluding carboxylic acids is 2. The van der Waals surface area contributed by atoms with Crippen molar-refractivity contribution in [1.29, 1.82) is 0 Å². The zero-order valence-corrected chi connectivity index (χ0v) is 17.9.